The predicted octanol–water partition coefficient (Wildman–Crippen LogP) is 1.87. The average Bonchev–Trinajstić information content (AvgIpc) is 2.80. The van der Waals surface area contributed by atoms with Gasteiger partial charge in [-0.1, -0.05) is 36.4 Å². The van der Waals surface area contributed by atoms with Crippen LogP contribution in [0.1, 0.15) is 20.7 Å². The Hall–Kier alpha value is -2.66. The van der Waals surface area contributed by atoms with E-state index in [2.05, 4.69) is 5.32 Å². The van der Waals surface area contributed by atoms with E-state index in [1.165, 1.54) is 0 Å². The van der Waals surface area contributed by atoms with Crippen LogP contribution in [0.15, 0.2) is 60.7 Å². The van der Waals surface area contributed by atoms with Crippen LogP contribution in [0.5, 0.6) is 0 Å². The molecule has 1 saturated heterocycles. The SMILES string of the molecule is O=C(c1ccccc1)N1CCNCCN(C(=O)c2ccccc2)CC1. The number of hydrogen-bond acceptors (Lipinski definition) is 3. The summed E-state index contributed by atoms with van der Waals surface area (Å²) in [7, 11) is 0. The molecule has 0 bridgehead atoms. The van der Waals surface area contributed by atoms with Crippen LogP contribution in [0.2, 0.25) is 0 Å². The van der Waals surface area contributed by atoms with E-state index in [4.69, 9.17) is 0 Å². The molecule has 1 heterocycles. The summed E-state index contributed by atoms with van der Waals surface area (Å²) in [5.41, 5.74) is 1.37. The van der Waals surface area contributed by atoms with Crippen molar-refractivity contribution >= 4 is 11.8 Å². The van der Waals surface area contributed by atoms with Crippen molar-refractivity contribution in [1.29, 1.82) is 0 Å². The summed E-state index contributed by atoms with van der Waals surface area (Å²) in [4.78, 5) is 29.1. The average molecular weight is 337 g/mol. The maximum atomic E-state index is 12.7. The van der Waals surface area contributed by atoms with E-state index in [9.17, 15) is 9.59 Å². The maximum Gasteiger partial charge on any atom is 0.253 e. The third kappa shape index (κ3) is 4.45. The molecule has 0 unspecified atom stereocenters. The number of carbonyl (C=O) groups excluding carboxylic acids is 2. The van der Waals surface area contributed by atoms with Crippen molar-refractivity contribution < 1.29 is 9.59 Å². The molecule has 2 aromatic carbocycles. The monoisotopic (exact) mass is 337 g/mol. The summed E-state index contributed by atoms with van der Waals surface area (Å²) in [5.74, 6) is 0.0211. The second kappa shape index (κ2) is 8.44. The molecular weight excluding hydrogens is 314 g/mol. The molecule has 5 heteroatoms. The first-order valence-electron chi connectivity index (χ1n) is 8.65. The number of rotatable bonds is 2. The molecule has 3 rings (SSSR count). The van der Waals surface area contributed by atoms with Crippen LogP contribution in [0.25, 0.3) is 0 Å². The van der Waals surface area contributed by atoms with Crippen molar-refractivity contribution in [2.75, 3.05) is 39.3 Å². The largest absolute Gasteiger partial charge is 0.336 e. The Labute approximate surface area is 148 Å². The Morgan fingerprint density at radius 1 is 0.640 bits per heavy atom. The number of amides is 2. The van der Waals surface area contributed by atoms with E-state index in [1.54, 1.807) is 0 Å². The van der Waals surface area contributed by atoms with Crippen molar-refractivity contribution in [1.82, 2.24) is 15.1 Å². The topological polar surface area (TPSA) is 52.7 Å². The van der Waals surface area contributed by atoms with Gasteiger partial charge in [0.2, 0.25) is 0 Å². The van der Waals surface area contributed by atoms with Crippen LogP contribution in [0, 0.1) is 0 Å². The summed E-state index contributed by atoms with van der Waals surface area (Å²) in [6.45, 7) is 3.81. The second-order valence-electron chi connectivity index (χ2n) is 6.07. The molecule has 2 amide bonds. The fraction of sp³-hybridized carbons (Fsp3) is 0.300. The summed E-state index contributed by atoms with van der Waals surface area (Å²) >= 11 is 0. The third-order valence-corrected chi connectivity index (χ3v) is 4.37. The molecule has 0 aliphatic carbocycles. The summed E-state index contributed by atoms with van der Waals surface area (Å²) in [6.07, 6.45) is 0. The standard InChI is InChI=1S/C20H23N3O2/c24-19(17-7-3-1-4-8-17)22-13-11-21-12-14-23(16-15-22)20(25)18-9-5-2-6-10-18/h1-10,21H,11-16H2. The highest BCUT2D eigenvalue weighted by Gasteiger charge is 2.21. The van der Waals surface area contributed by atoms with E-state index in [0.717, 1.165) is 13.1 Å². The van der Waals surface area contributed by atoms with Gasteiger partial charge in [-0.2, -0.15) is 0 Å². The number of carbonyl (C=O) groups is 2. The summed E-state index contributed by atoms with van der Waals surface area (Å²) in [5, 5.41) is 3.31. The Kier molecular flexibility index (Phi) is 5.80. The zero-order chi connectivity index (χ0) is 17.5. The smallest absolute Gasteiger partial charge is 0.253 e. The van der Waals surface area contributed by atoms with Gasteiger partial charge in [-0.25, -0.2) is 0 Å². The van der Waals surface area contributed by atoms with Crippen LogP contribution in [0.3, 0.4) is 0 Å². The minimum Gasteiger partial charge on any atom is -0.336 e. The third-order valence-electron chi connectivity index (χ3n) is 4.37. The molecule has 130 valence electrons. The Bertz CT molecular complexity index is 642. The molecule has 25 heavy (non-hydrogen) atoms. The lowest BCUT2D eigenvalue weighted by Gasteiger charge is -2.26. The molecule has 0 spiro atoms. The lowest BCUT2D eigenvalue weighted by atomic mass is 10.2. The predicted molar refractivity (Wildman–Crippen MR) is 97.6 cm³/mol. The molecule has 2 aromatic rings. The molecular formula is C20H23N3O2. The van der Waals surface area contributed by atoms with E-state index >= 15 is 0 Å². The minimum absolute atomic E-state index is 0.0106. The second-order valence-corrected chi connectivity index (χ2v) is 6.07. The Morgan fingerprint density at radius 2 is 1.04 bits per heavy atom. The van der Waals surface area contributed by atoms with Crippen molar-refractivity contribution in [3.8, 4) is 0 Å². The quantitative estimate of drug-likeness (QED) is 0.910. The first-order chi connectivity index (χ1) is 12.3. The van der Waals surface area contributed by atoms with E-state index < -0.39 is 0 Å². The van der Waals surface area contributed by atoms with Gasteiger partial charge >= 0.3 is 0 Å². The van der Waals surface area contributed by atoms with Gasteiger partial charge in [-0.15, -0.1) is 0 Å². The zero-order valence-electron chi connectivity index (χ0n) is 14.2. The molecule has 0 saturated carbocycles. The van der Waals surface area contributed by atoms with Crippen molar-refractivity contribution in [3.63, 3.8) is 0 Å². The van der Waals surface area contributed by atoms with E-state index in [1.807, 2.05) is 70.5 Å². The lowest BCUT2D eigenvalue weighted by Crippen LogP contribution is -2.41. The number of hydrogen-bond donors (Lipinski definition) is 1. The molecule has 1 aliphatic rings. The highest BCUT2D eigenvalue weighted by Crippen LogP contribution is 2.08. The highest BCUT2D eigenvalue weighted by atomic mass is 16.2. The Morgan fingerprint density at radius 3 is 1.44 bits per heavy atom. The van der Waals surface area contributed by atoms with Gasteiger partial charge < -0.3 is 15.1 Å². The molecule has 0 atom stereocenters. The molecule has 1 aliphatic heterocycles. The molecule has 0 radical (unpaired) electrons. The van der Waals surface area contributed by atoms with Gasteiger partial charge in [-0.3, -0.25) is 9.59 Å². The van der Waals surface area contributed by atoms with Crippen LogP contribution in [0.4, 0.5) is 0 Å². The first kappa shape index (κ1) is 17.2. The molecule has 0 aromatic heterocycles. The van der Waals surface area contributed by atoms with Gasteiger partial charge in [0.1, 0.15) is 0 Å². The van der Waals surface area contributed by atoms with E-state index in [0.29, 0.717) is 37.3 Å². The minimum atomic E-state index is 0.0106. The summed E-state index contributed by atoms with van der Waals surface area (Å²) in [6, 6.07) is 18.6. The Balaban J connectivity index is 1.71. The maximum absolute atomic E-state index is 12.7. The van der Waals surface area contributed by atoms with Gasteiger partial charge in [0.15, 0.2) is 0 Å². The molecule has 1 N–H and O–H groups in total. The van der Waals surface area contributed by atoms with Crippen LogP contribution in [-0.2, 0) is 0 Å². The lowest BCUT2D eigenvalue weighted by molar-refractivity contribution is 0.0679. The van der Waals surface area contributed by atoms with Crippen molar-refractivity contribution in [2.45, 2.75) is 0 Å². The van der Waals surface area contributed by atoms with Crippen LogP contribution < -0.4 is 5.32 Å². The van der Waals surface area contributed by atoms with Crippen LogP contribution in [-0.4, -0.2) is 60.9 Å². The molecule has 1 fully saturated rings. The summed E-state index contributed by atoms with van der Waals surface area (Å²) < 4.78 is 0. The van der Waals surface area contributed by atoms with Gasteiger partial charge in [0.05, 0.1) is 0 Å². The molecule has 5 nitrogen and oxygen atoms in total. The van der Waals surface area contributed by atoms with Gasteiger partial charge in [0, 0.05) is 50.4 Å². The fourth-order valence-electron chi connectivity index (χ4n) is 2.95. The van der Waals surface area contributed by atoms with E-state index in [-0.39, 0.29) is 11.8 Å². The number of benzene rings is 2. The number of nitrogens with one attached hydrogen (secondary N) is 1. The highest BCUT2D eigenvalue weighted by molar-refractivity contribution is 5.95. The number of nitrogens with zero attached hydrogens (tertiary/aromatic N) is 2. The van der Waals surface area contributed by atoms with Crippen molar-refractivity contribution in [3.05, 3.63) is 71.8 Å². The van der Waals surface area contributed by atoms with Crippen LogP contribution >= 0.6 is 0 Å². The first-order valence-corrected chi connectivity index (χ1v) is 8.65. The van der Waals surface area contributed by atoms with Gasteiger partial charge in [0.25, 0.3) is 11.8 Å². The van der Waals surface area contributed by atoms with Crippen molar-refractivity contribution in [2.24, 2.45) is 0 Å². The fourth-order valence-corrected chi connectivity index (χ4v) is 2.95. The normalized spacial score (nSPS) is 15.8. The zero-order valence-corrected chi connectivity index (χ0v) is 14.2. The van der Waals surface area contributed by atoms with Gasteiger partial charge in [-0.05, 0) is 24.3 Å².